The SMILES string of the molecule is COc1ccc(N2C(=O)S/C(=C\C=C\c3ccccc3[N+](=O)[O-])C2=O)cc1. The van der Waals surface area contributed by atoms with Gasteiger partial charge in [-0.15, -0.1) is 0 Å². The largest absolute Gasteiger partial charge is 0.497 e. The number of anilines is 1. The summed E-state index contributed by atoms with van der Waals surface area (Å²) >= 11 is 0.814. The Kier molecular flexibility index (Phi) is 5.37. The van der Waals surface area contributed by atoms with Crippen molar-refractivity contribution in [1.29, 1.82) is 0 Å². The van der Waals surface area contributed by atoms with Crippen LogP contribution in [0.2, 0.25) is 0 Å². The van der Waals surface area contributed by atoms with E-state index in [9.17, 15) is 19.7 Å². The highest BCUT2D eigenvalue weighted by molar-refractivity contribution is 8.18. The van der Waals surface area contributed by atoms with Crippen LogP contribution in [0.5, 0.6) is 5.75 Å². The second-order valence-corrected chi connectivity index (χ2v) is 6.41. The van der Waals surface area contributed by atoms with Gasteiger partial charge in [-0.3, -0.25) is 19.7 Å². The van der Waals surface area contributed by atoms with Gasteiger partial charge >= 0.3 is 0 Å². The molecule has 0 aromatic heterocycles. The van der Waals surface area contributed by atoms with E-state index in [2.05, 4.69) is 0 Å². The van der Waals surface area contributed by atoms with Gasteiger partial charge in [-0.1, -0.05) is 18.2 Å². The molecule has 1 fully saturated rings. The number of hydrogen-bond donors (Lipinski definition) is 0. The molecule has 0 spiro atoms. The molecule has 3 rings (SSSR count). The van der Waals surface area contributed by atoms with E-state index in [0.29, 0.717) is 17.0 Å². The number of rotatable bonds is 5. The van der Waals surface area contributed by atoms with Gasteiger partial charge in [0.05, 0.1) is 28.2 Å². The maximum Gasteiger partial charge on any atom is 0.298 e. The molecular formula is C19H14N2O5S. The molecule has 1 heterocycles. The molecule has 27 heavy (non-hydrogen) atoms. The van der Waals surface area contributed by atoms with Gasteiger partial charge in [0.1, 0.15) is 5.75 Å². The highest BCUT2D eigenvalue weighted by Crippen LogP contribution is 2.35. The molecule has 0 unspecified atom stereocenters. The molecule has 1 aliphatic heterocycles. The number of nitrogens with zero attached hydrogens (tertiary/aromatic N) is 2. The van der Waals surface area contributed by atoms with Crippen molar-refractivity contribution >= 4 is 40.4 Å². The summed E-state index contributed by atoms with van der Waals surface area (Å²) in [5.74, 6) is 0.177. The molecule has 0 N–H and O–H groups in total. The second kappa shape index (κ2) is 7.88. The van der Waals surface area contributed by atoms with Gasteiger partial charge in [0.15, 0.2) is 0 Å². The van der Waals surface area contributed by atoms with Gasteiger partial charge < -0.3 is 4.74 Å². The van der Waals surface area contributed by atoms with Gasteiger partial charge in [-0.25, -0.2) is 4.90 Å². The molecule has 136 valence electrons. The number of thioether (sulfide) groups is 1. The number of benzene rings is 2. The smallest absolute Gasteiger partial charge is 0.298 e. The van der Waals surface area contributed by atoms with Crippen LogP contribution in [0.15, 0.2) is 65.6 Å². The number of amides is 2. The van der Waals surface area contributed by atoms with Crippen LogP contribution < -0.4 is 9.64 Å². The van der Waals surface area contributed by atoms with Crippen LogP contribution in [0.4, 0.5) is 16.2 Å². The molecule has 2 aromatic carbocycles. The van der Waals surface area contributed by atoms with E-state index in [1.165, 1.54) is 31.4 Å². The summed E-state index contributed by atoms with van der Waals surface area (Å²) in [6.45, 7) is 0. The van der Waals surface area contributed by atoms with Crippen LogP contribution in [-0.2, 0) is 4.79 Å². The standard InChI is InChI=1S/C19H14N2O5S/c1-26-15-11-9-14(10-12-15)20-18(22)17(27-19(20)23)8-4-6-13-5-2-3-7-16(13)21(24)25/h2-12H,1H3/b6-4+,17-8-. The summed E-state index contributed by atoms with van der Waals surface area (Å²) in [5.41, 5.74) is 0.825. The van der Waals surface area contributed by atoms with Gasteiger partial charge in [0.25, 0.3) is 16.8 Å². The Morgan fingerprint density at radius 2 is 1.81 bits per heavy atom. The van der Waals surface area contributed by atoms with Crippen LogP contribution in [-0.4, -0.2) is 23.2 Å². The van der Waals surface area contributed by atoms with Crippen molar-refractivity contribution in [3.8, 4) is 5.75 Å². The van der Waals surface area contributed by atoms with E-state index >= 15 is 0 Å². The lowest BCUT2D eigenvalue weighted by atomic mass is 10.1. The predicted octanol–water partition coefficient (Wildman–Crippen LogP) is 4.40. The van der Waals surface area contributed by atoms with Crippen LogP contribution >= 0.6 is 11.8 Å². The van der Waals surface area contributed by atoms with E-state index in [4.69, 9.17) is 4.74 Å². The fraction of sp³-hybridized carbons (Fsp3) is 0.0526. The predicted molar refractivity (Wildman–Crippen MR) is 104 cm³/mol. The Hall–Kier alpha value is -3.39. The summed E-state index contributed by atoms with van der Waals surface area (Å²) in [7, 11) is 1.53. The van der Waals surface area contributed by atoms with Gasteiger partial charge in [-0.05, 0) is 54.2 Å². The lowest BCUT2D eigenvalue weighted by Gasteiger charge is -2.12. The zero-order valence-corrected chi connectivity index (χ0v) is 15.0. The summed E-state index contributed by atoms with van der Waals surface area (Å²) < 4.78 is 5.07. The lowest BCUT2D eigenvalue weighted by molar-refractivity contribution is -0.385. The van der Waals surface area contributed by atoms with E-state index in [0.717, 1.165) is 16.7 Å². The normalized spacial score (nSPS) is 15.7. The molecule has 1 aliphatic rings. The molecule has 0 saturated carbocycles. The van der Waals surface area contributed by atoms with Crippen LogP contribution in [0.1, 0.15) is 5.56 Å². The maximum atomic E-state index is 12.5. The fourth-order valence-corrected chi connectivity index (χ4v) is 3.26. The van der Waals surface area contributed by atoms with E-state index in [1.807, 2.05) is 0 Å². The first-order chi connectivity index (χ1) is 13.0. The number of ether oxygens (including phenoxy) is 1. The molecule has 7 nitrogen and oxygen atoms in total. The molecule has 0 aliphatic carbocycles. The number of nitro benzene ring substituents is 1. The van der Waals surface area contributed by atoms with E-state index in [-0.39, 0.29) is 10.6 Å². The average molecular weight is 382 g/mol. The number of nitro groups is 1. The Morgan fingerprint density at radius 3 is 2.48 bits per heavy atom. The molecule has 1 saturated heterocycles. The van der Waals surface area contributed by atoms with Crippen LogP contribution in [0.3, 0.4) is 0 Å². The van der Waals surface area contributed by atoms with Crippen molar-refractivity contribution in [1.82, 2.24) is 0 Å². The first-order valence-corrected chi connectivity index (χ1v) is 8.65. The van der Waals surface area contributed by atoms with Crippen molar-refractivity contribution in [3.63, 3.8) is 0 Å². The van der Waals surface area contributed by atoms with Crippen molar-refractivity contribution in [2.75, 3.05) is 12.0 Å². The Bertz CT molecular complexity index is 966. The topological polar surface area (TPSA) is 89.8 Å². The molecule has 0 radical (unpaired) electrons. The monoisotopic (exact) mass is 382 g/mol. The first kappa shape index (κ1) is 18.4. The minimum absolute atomic E-state index is 0.0338. The number of allylic oxidation sites excluding steroid dienone is 2. The average Bonchev–Trinajstić information content (AvgIpc) is 2.95. The highest BCUT2D eigenvalue weighted by Gasteiger charge is 2.35. The van der Waals surface area contributed by atoms with Crippen molar-refractivity contribution in [3.05, 3.63) is 81.3 Å². The number of para-hydroxylation sites is 1. The Labute approximate surface area is 159 Å². The fourth-order valence-electron chi connectivity index (χ4n) is 2.47. The third-order valence-electron chi connectivity index (χ3n) is 3.78. The Morgan fingerprint density at radius 1 is 1.11 bits per heavy atom. The van der Waals surface area contributed by atoms with Crippen molar-refractivity contribution in [2.45, 2.75) is 0 Å². The van der Waals surface area contributed by atoms with E-state index < -0.39 is 16.1 Å². The molecule has 0 atom stereocenters. The third-order valence-corrected chi connectivity index (χ3v) is 4.67. The minimum Gasteiger partial charge on any atom is -0.497 e. The summed E-state index contributed by atoms with van der Waals surface area (Å²) in [6, 6.07) is 12.8. The second-order valence-electron chi connectivity index (χ2n) is 5.41. The summed E-state index contributed by atoms with van der Waals surface area (Å²) in [5, 5.41) is 10.6. The zero-order chi connectivity index (χ0) is 19.4. The van der Waals surface area contributed by atoms with Crippen molar-refractivity contribution < 1.29 is 19.2 Å². The molecule has 0 bridgehead atoms. The van der Waals surface area contributed by atoms with Gasteiger partial charge in [0, 0.05) is 6.07 Å². The first-order valence-electron chi connectivity index (χ1n) is 7.83. The highest BCUT2D eigenvalue weighted by atomic mass is 32.2. The van der Waals surface area contributed by atoms with Crippen LogP contribution in [0, 0.1) is 10.1 Å². The number of methoxy groups -OCH3 is 1. The Balaban J connectivity index is 1.81. The molecule has 2 aromatic rings. The summed E-state index contributed by atoms with van der Waals surface area (Å²) in [6.07, 6.45) is 4.53. The minimum atomic E-state index is -0.475. The number of carbonyl (C=O) groups is 2. The molecular weight excluding hydrogens is 368 g/mol. The van der Waals surface area contributed by atoms with Gasteiger partial charge in [0.2, 0.25) is 0 Å². The summed E-state index contributed by atoms with van der Waals surface area (Å²) in [4.78, 5) is 36.6. The lowest BCUT2D eigenvalue weighted by Crippen LogP contribution is -2.27. The third kappa shape index (κ3) is 3.90. The van der Waals surface area contributed by atoms with Crippen LogP contribution in [0.25, 0.3) is 6.08 Å². The van der Waals surface area contributed by atoms with E-state index in [1.54, 1.807) is 42.5 Å². The molecule has 2 amide bonds. The van der Waals surface area contributed by atoms with Crippen molar-refractivity contribution in [2.24, 2.45) is 0 Å². The number of hydrogen-bond acceptors (Lipinski definition) is 6. The number of imide groups is 1. The number of carbonyl (C=O) groups excluding carboxylic acids is 2. The zero-order valence-electron chi connectivity index (χ0n) is 14.2. The maximum absolute atomic E-state index is 12.5. The molecule has 8 heteroatoms. The van der Waals surface area contributed by atoms with Gasteiger partial charge in [-0.2, -0.15) is 0 Å². The quantitative estimate of drug-likeness (QED) is 0.432.